The number of ether oxygens (including phenoxy) is 2. The average Bonchev–Trinajstić information content (AvgIpc) is 3.27. The van der Waals surface area contributed by atoms with Crippen LogP contribution < -0.4 is 10.5 Å². The van der Waals surface area contributed by atoms with Crippen LogP contribution in [0.15, 0.2) is 18.2 Å². The molecule has 1 aromatic carbocycles. The molecule has 0 heterocycles. The molecule has 0 atom stereocenters. The fourth-order valence-electron chi connectivity index (χ4n) is 1.84. The van der Waals surface area contributed by atoms with E-state index in [1.807, 2.05) is 0 Å². The Morgan fingerprint density at radius 3 is 2.65 bits per heavy atom. The van der Waals surface area contributed by atoms with Gasteiger partial charge in [0.2, 0.25) is 0 Å². The summed E-state index contributed by atoms with van der Waals surface area (Å²) in [6, 6.07) is 4.91. The number of carbonyl (C=O) groups excluding carboxylic acids is 2. The lowest BCUT2D eigenvalue weighted by molar-refractivity contribution is -0.133. The molecule has 2 rings (SSSR count). The molecule has 1 aromatic rings. The van der Waals surface area contributed by atoms with Crippen molar-refractivity contribution in [1.29, 1.82) is 0 Å². The van der Waals surface area contributed by atoms with Crippen LogP contribution in [0.2, 0.25) is 0 Å². The molecule has 0 unspecified atom stereocenters. The Morgan fingerprint density at radius 1 is 1.40 bits per heavy atom. The number of rotatable bonds is 5. The lowest BCUT2D eigenvalue weighted by Gasteiger charge is -2.16. The van der Waals surface area contributed by atoms with E-state index in [2.05, 4.69) is 0 Å². The van der Waals surface area contributed by atoms with Gasteiger partial charge in [-0.1, -0.05) is 0 Å². The summed E-state index contributed by atoms with van der Waals surface area (Å²) in [6.45, 7) is -0.252. The van der Waals surface area contributed by atoms with Gasteiger partial charge in [0.1, 0.15) is 5.75 Å². The number of amides is 1. The lowest BCUT2D eigenvalue weighted by Crippen LogP contribution is -2.32. The van der Waals surface area contributed by atoms with Crippen LogP contribution in [0.5, 0.6) is 5.75 Å². The van der Waals surface area contributed by atoms with Crippen molar-refractivity contribution in [3.63, 3.8) is 0 Å². The Balaban J connectivity index is 1.91. The first-order chi connectivity index (χ1) is 9.52. The number of nitrogens with two attached hydrogens (primary N) is 1. The number of nitrogens with zero attached hydrogens (tertiary/aromatic N) is 1. The Hall–Kier alpha value is -2.24. The number of hydrogen-bond donors (Lipinski definition) is 1. The molecule has 1 saturated carbocycles. The Morgan fingerprint density at radius 2 is 2.10 bits per heavy atom. The number of likely N-dealkylation sites (N-methyl/N-ethyl adjacent to an activating group) is 1. The number of carbonyl (C=O) groups is 2. The SMILES string of the molecule is COc1ccc(C(=O)OCC(=O)N(C)C2CC2)cc1N. The zero-order valence-electron chi connectivity index (χ0n) is 11.6. The third-order valence-electron chi connectivity index (χ3n) is 3.28. The second kappa shape index (κ2) is 5.81. The van der Waals surface area contributed by atoms with Crippen molar-refractivity contribution in [1.82, 2.24) is 4.90 Å². The Labute approximate surface area is 117 Å². The number of methoxy groups -OCH3 is 1. The van der Waals surface area contributed by atoms with Gasteiger partial charge in [0, 0.05) is 13.1 Å². The molecule has 6 nitrogen and oxygen atoms in total. The standard InChI is InChI=1S/C14H18N2O4/c1-16(10-4-5-10)13(17)8-20-14(18)9-3-6-12(19-2)11(15)7-9/h3,6-7,10H,4-5,8,15H2,1-2H3. The van der Waals surface area contributed by atoms with Crippen LogP contribution in [0, 0.1) is 0 Å². The van der Waals surface area contributed by atoms with Crippen molar-refractivity contribution in [2.24, 2.45) is 0 Å². The molecule has 6 heteroatoms. The minimum Gasteiger partial charge on any atom is -0.495 e. The zero-order valence-corrected chi connectivity index (χ0v) is 11.6. The van der Waals surface area contributed by atoms with E-state index in [1.165, 1.54) is 13.2 Å². The first kappa shape index (κ1) is 14.2. The summed E-state index contributed by atoms with van der Waals surface area (Å²) in [5, 5.41) is 0. The van der Waals surface area contributed by atoms with Crippen LogP contribution >= 0.6 is 0 Å². The monoisotopic (exact) mass is 278 g/mol. The Bertz CT molecular complexity index is 526. The third-order valence-corrected chi connectivity index (χ3v) is 3.28. The first-order valence-electron chi connectivity index (χ1n) is 6.39. The molecular weight excluding hydrogens is 260 g/mol. The number of benzene rings is 1. The third kappa shape index (κ3) is 3.20. The van der Waals surface area contributed by atoms with E-state index in [9.17, 15) is 9.59 Å². The minimum atomic E-state index is -0.572. The van der Waals surface area contributed by atoms with Crippen LogP contribution in [0.25, 0.3) is 0 Å². The zero-order chi connectivity index (χ0) is 14.7. The summed E-state index contributed by atoms with van der Waals surface area (Å²) in [7, 11) is 3.22. The number of hydrogen-bond acceptors (Lipinski definition) is 5. The highest BCUT2D eigenvalue weighted by Gasteiger charge is 2.29. The molecule has 1 aliphatic rings. The second-order valence-electron chi connectivity index (χ2n) is 4.77. The molecule has 0 aromatic heterocycles. The van der Waals surface area contributed by atoms with Gasteiger partial charge in [0.25, 0.3) is 5.91 Å². The summed E-state index contributed by atoms with van der Waals surface area (Å²) in [5.74, 6) is -0.273. The molecular formula is C14H18N2O4. The highest BCUT2D eigenvalue weighted by atomic mass is 16.5. The molecule has 0 saturated heterocycles. The van der Waals surface area contributed by atoms with Crippen LogP contribution in [0.1, 0.15) is 23.2 Å². The van der Waals surface area contributed by atoms with Crippen molar-refractivity contribution in [2.45, 2.75) is 18.9 Å². The van der Waals surface area contributed by atoms with Gasteiger partial charge < -0.3 is 20.1 Å². The molecule has 1 aliphatic carbocycles. The van der Waals surface area contributed by atoms with Crippen LogP contribution in [-0.2, 0) is 9.53 Å². The summed E-state index contributed by atoms with van der Waals surface area (Å²) in [6.07, 6.45) is 2.04. The van der Waals surface area contributed by atoms with Gasteiger partial charge in [-0.3, -0.25) is 4.79 Å². The summed E-state index contributed by atoms with van der Waals surface area (Å²) >= 11 is 0. The van der Waals surface area contributed by atoms with Gasteiger partial charge >= 0.3 is 5.97 Å². The molecule has 20 heavy (non-hydrogen) atoms. The topological polar surface area (TPSA) is 81.9 Å². The highest BCUT2D eigenvalue weighted by Crippen LogP contribution is 2.25. The summed E-state index contributed by atoms with van der Waals surface area (Å²) in [4.78, 5) is 25.2. The number of nitrogen functional groups attached to an aromatic ring is 1. The second-order valence-corrected chi connectivity index (χ2v) is 4.77. The summed E-state index contributed by atoms with van der Waals surface area (Å²) in [5.41, 5.74) is 6.36. The van der Waals surface area contributed by atoms with Gasteiger partial charge in [-0.15, -0.1) is 0 Å². The van der Waals surface area contributed by atoms with Gasteiger partial charge in [0.15, 0.2) is 6.61 Å². The average molecular weight is 278 g/mol. The maximum Gasteiger partial charge on any atom is 0.338 e. The van der Waals surface area contributed by atoms with Crippen LogP contribution in [0.3, 0.4) is 0 Å². The fourth-order valence-corrected chi connectivity index (χ4v) is 1.84. The molecule has 2 N–H and O–H groups in total. The molecule has 108 valence electrons. The van der Waals surface area contributed by atoms with Crippen molar-refractivity contribution < 1.29 is 19.1 Å². The number of anilines is 1. The van der Waals surface area contributed by atoms with E-state index in [1.54, 1.807) is 24.1 Å². The van der Waals surface area contributed by atoms with Crippen LogP contribution in [0.4, 0.5) is 5.69 Å². The minimum absolute atomic E-state index is 0.192. The van der Waals surface area contributed by atoms with E-state index in [-0.39, 0.29) is 12.5 Å². The molecule has 0 radical (unpaired) electrons. The highest BCUT2D eigenvalue weighted by molar-refractivity contribution is 5.92. The number of esters is 1. The smallest absolute Gasteiger partial charge is 0.338 e. The van der Waals surface area contributed by atoms with Gasteiger partial charge in [0.05, 0.1) is 18.4 Å². The summed E-state index contributed by atoms with van der Waals surface area (Å²) < 4.78 is 10.00. The van der Waals surface area contributed by atoms with Crippen LogP contribution in [-0.4, -0.2) is 43.6 Å². The van der Waals surface area contributed by atoms with Gasteiger partial charge in [-0.05, 0) is 31.0 Å². The normalized spacial score (nSPS) is 13.7. The lowest BCUT2D eigenvalue weighted by atomic mass is 10.2. The predicted molar refractivity (Wildman–Crippen MR) is 73.5 cm³/mol. The van der Waals surface area contributed by atoms with Crippen molar-refractivity contribution >= 4 is 17.6 Å². The maximum atomic E-state index is 11.8. The van der Waals surface area contributed by atoms with E-state index in [0.717, 1.165) is 12.8 Å². The van der Waals surface area contributed by atoms with E-state index in [0.29, 0.717) is 23.0 Å². The van der Waals surface area contributed by atoms with Crippen molar-refractivity contribution in [2.75, 3.05) is 26.5 Å². The quantitative estimate of drug-likeness (QED) is 0.643. The molecule has 0 aliphatic heterocycles. The molecule has 0 bridgehead atoms. The molecule has 1 amide bonds. The molecule has 0 spiro atoms. The van der Waals surface area contributed by atoms with E-state index in [4.69, 9.17) is 15.2 Å². The first-order valence-corrected chi connectivity index (χ1v) is 6.39. The van der Waals surface area contributed by atoms with E-state index < -0.39 is 5.97 Å². The molecule has 1 fully saturated rings. The van der Waals surface area contributed by atoms with E-state index >= 15 is 0 Å². The maximum absolute atomic E-state index is 11.8. The van der Waals surface area contributed by atoms with Crippen molar-refractivity contribution in [3.8, 4) is 5.75 Å². The largest absolute Gasteiger partial charge is 0.495 e. The van der Waals surface area contributed by atoms with Gasteiger partial charge in [-0.2, -0.15) is 0 Å². The Kier molecular flexibility index (Phi) is 4.12. The predicted octanol–water partition coefficient (Wildman–Crippen LogP) is 1.05. The fraction of sp³-hybridized carbons (Fsp3) is 0.429. The van der Waals surface area contributed by atoms with Gasteiger partial charge in [-0.25, -0.2) is 4.79 Å². The van der Waals surface area contributed by atoms with Crippen molar-refractivity contribution in [3.05, 3.63) is 23.8 Å².